The van der Waals surface area contributed by atoms with Gasteiger partial charge in [0, 0.05) is 23.4 Å². The fourth-order valence-electron chi connectivity index (χ4n) is 2.44. The number of carbonyl (C=O) groups is 1. The highest BCUT2D eigenvalue weighted by molar-refractivity contribution is 7.89. The van der Waals surface area contributed by atoms with Crippen LogP contribution < -0.4 is 10.0 Å². The lowest BCUT2D eigenvalue weighted by Crippen LogP contribution is -2.24. The van der Waals surface area contributed by atoms with Crippen molar-refractivity contribution >= 4 is 21.6 Å². The number of hydrogen-bond acceptors (Lipinski definition) is 6. The van der Waals surface area contributed by atoms with Gasteiger partial charge in [-0.05, 0) is 42.8 Å². The van der Waals surface area contributed by atoms with Gasteiger partial charge in [0.05, 0.1) is 4.90 Å². The standard InChI is InChI=1S/C19H18N4O4S/c1-3-9-21-28(25,26)16-6-4-5-14(10-16)18(24)22-17-11-15(8-7-13(17)2)19-23-20-12-27-19/h3-8,10-12,21H,1,9H2,2H3,(H,22,24). The molecule has 0 fully saturated rings. The second kappa shape index (κ2) is 8.15. The third-order valence-corrected chi connectivity index (χ3v) is 5.34. The van der Waals surface area contributed by atoms with Crippen LogP contribution in [0.25, 0.3) is 11.5 Å². The molecule has 1 amide bonds. The van der Waals surface area contributed by atoms with E-state index >= 15 is 0 Å². The summed E-state index contributed by atoms with van der Waals surface area (Å²) in [5.41, 5.74) is 2.25. The van der Waals surface area contributed by atoms with Gasteiger partial charge in [-0.3, -0.25) is 4.79 Å². The van der Waals surface area contributed by atoms with Gasteiger partial charge in [0.25, 0.3) is 5.91 Å². The third kappa shape index (κ3) is 4.33. The number of aromatic nitrogens is 2. The third-order valence-electron chi connectivity index (χ3n) is 3.92. The average Bonchev–Trinajstić information content (AvgIpc) is 3.23. The molecule has 2 N–H and O–H groups in total. The lowest BCUT2D eigenvalue weighted by molar-refractivity contribution is 0.102. The highest BCUT2D eigenvalue weighted by Gasteiger charge is 2.16. The van der Waals surface area contributed by atoms with Crippen LogP contribution in [0.1, 0.15) is 15.9 Å². The van der Waals surface area contributed by atoms with E-state index in [2.05, 4.69) is 26.8 Å². The number of hydrogen-bond donors (Lipinski definition) is 2. The molecule has 3 rings (SSSR count). The van der Waals surface area contributed by atoms with E-state index < -0.39 is 15.9 Å². The number of sulfonamides is 1. The Bertz CT molecular complexity index is 1110. The van der Waals surface area contributed by atoms with E-state index in [1.807, 2.05) is 13.0 Å². The summed E-state index contributed by atoms with van der Waals surface area (Å²) >= 11 is 0. The molecule has 2 aromatic carbocycles. The first-order valence-electron chi connectivity index (χ1n) is 8.30. The zero-order valence-electron chi connectivity index (χ0n) is 15.0. The normalized spacial score (nSPS) is 11.2. The SMILES string of the molecule is C=CCNS(=O)(=O)c1cccc(C(=O)Nc2cc(-c3nnco3)ccc2C)c1. The maximum Gasteiger partial charge on any atom is 0.255 e. The molecule has 0 radical (unpaired) electrons. The molecule has 1 heterocycles. The second-order valence-electron chi connectivity index (χ2n) is 5.90. The molecule has 144 valence electrons. The number of anilines is 1. The Morgan fingerprint density at radius 2 is 2.07 bits per heavy atom. The Hall–Kier alpha value is -3.30. The van der Waals surface area contributed by atoms with Gasteiger partial charge < -0.3 is 9.73 Å². The van der Waals surface area contributed by atoms with Crippen LogP contribution in [0.3, 0.4) is 0 Å². The summed E-state index contributed by atoms with van der Waals surface area (Å²) in [6, 6.07) is 11.1. The van der Waals surface area contributed by atoms with Crippen molar-refractivity contribution in [3.05, 3.63) is 72.6 Å². The number of carbonyl (C=O) groups excluding carboxylic acids is 1. The molecule has 0 spiro atoms. The first kappa shape index (κ1) is 19.5. The summed E-state index contributed by atoms with van der Waals surface area (Å²) in [6.45, 7) is 5.42. The Labute approximate surface area is 162 Å². The van der Waals surface area contributed by atoms with Crippen LogP contribution in [0.5, 0.6) is 0 Å². The van der Waals surface area contributed by atoms with E-state index in [1.165, 1.54) is 30.7 Å². The molecule has 0 saturated heterocycles. The number of amides is 1. The first-order chi connectivity index (χ1) is 13.4. The number of nitrogens with one attached hydrogen (secondary N) is 2. The fourth-order valence-corrected chi connectivity index (χ4v) is 3.48. The molecule has 0 aliphatic rings. The van der Waals surface area contributed by atoms with Gasteiger partial charge in [0.2, 0.25) is 22.3 Å². The monoisotopic (exact) mass is 398 g/mol. The summed E-state index contributed by atoms with van der Waals surface area (Å²) in [7, 11) is -3.72. The van der Waals surface area contributed by atoms with Crippen LogP contribution >= 0.6 is 0 Å². The van der Waals surface area contributed by atoms with Gasteiger partial charge in [-0.25, -0.2) is 13.1 Å². The van der Waals surface area contributed by atoms with E-state index in [0.29, 0.717) is 17.1 Å². The first-order valence-corrected chi connectivity index (χ1v) is 9.78. The van der Waals surface area contributed by atoms with E-state index in [4.69, 9.17) is 4.42 Å². The minimum Gasteiger partial charge on any atom is -0.423 e. The fraction of sp³-hybridized carbons (Fsp3) is 0.105. The highest BCUT2D eigenvalue weighted by atomic mass is 32.2. The molecule has 8 nitrogen and oxygen atoms in total. The number of rotatable bonds is 7. The number of benzene rings is 2. The molecule has 0 atom stereocenters. The summed E-state index contributed by atoms with van der Waals surface area (Å²) in [4.78, 5) is 12.7. The van der Waals surface area contributed by atoms with Gasteiger partial charge >= 0.3 is 0 Å². The van der Waals surface area contributed by atoms with Crippen LogP contribution in [0.4, 0.5) is 5.69 Å². The topological polar surface area (TPSA) is 114 Å². The summed E-state index contributed by atoms with van der Waals surface area (Å²) in [5.74, 6) is -0.108. The lowest BCUT2D eigenvalue weighted by atomic mass is 10.1. The Balaban J connectivity index is 1.85. The van der Waals surface area contributed by atoms with E-state index in [1.54, 1.807) is 18.2 Å². The van der Waals surface area contributed by atoms with Crippen LogP contribution in [-0.2, 0) is 10.0 Å². The number of nitrogens with zero attached hydrogens (tertiary/aromatic N) is 2. The van der Waals surface area contributed by atoms with Crippen LogP contribution in [-0.4, -0.2) is 31.1 Å². The van der Waals surface area contributed by atoms with Crippen molar-refractivity contribution in [2.75, 3.05) is 11.9 Å². The Morgan fingerprint density at radius 3 is 2.79 bits per heavy atom. The number of aryl methyl sites for hydroxylation is 1. The minimum atomic E-state index is -3.72. The lowest BCUT2D eigenvalue weighted by Gasteiger charge is -2.11. The molecule has 3 aromatic rings. The van der Waals surface area contributed by atoms with Gasteiger partial charge in [0.15, 0.2) is 0 Å². The van der Waals surface area contributed by atoms with Crippen molar-refractivity contribution in [3.8, 4) is 11.5 Å². The molecule has 1 aromatic heterocycles. The van der Waals surface area contributed by atoms with E-state index in [9.17, 15) is 13.2 Å². The van der Waals surface area contributed by atoms with Crippen LogP contribution in [0, 0.1) is 6.92 Å². The molecule has 28 heavy (non-hydrogen) atoms. The van der Waals surface area contributed by atoms with Crippen molar-refractivity contribution in [1.82, 2.24) is 14.9 Å². The van der Waals surface area contributed by atoms with Gasteiger partial charge in [0.1, 0.15) is 0 Å². The van der Waals surface area contributed by atoms with Crippen molar-refractivity contribution in [3.63, 3.8) is 0 Å². The molecule has 0 saturated carbocycles. The van der Waals surface area contributed by atoms with Gasteiger partial charge in [-0.1, -0.05) is 18.2 Å². The van der Waals surface area contributed by atoms with Crippen molar-refractivity contribution in [1.29, 1.82) is 0 Å². The summed E-state index contributed by atoms with van der Waals surface area (Å²) < 4.78 is 32.0. The molecular formula is C19H18N4O4S. The zero-order chi connectivity index (χ0) is 20.1. The maximum atomic E-state index is 12.7. The largest absolute Gasteiger partial charge is 0.423 e. The second-order valence-corrected chi connectivity index (χ2v) is 7.66. The molecule has 0 aliphatic heterocycles. The van der Waals surface area contributed by atoms with Crippen molar-refractivity contribution < 1.29 is 17.6 Å². The zero-order valence-corrected chi connectivity index (χ0v) is 15.9. The van der Waals surface area contributed by atoms with Crippen molar-refractivity contribution in [2.45, 2.75) is 11.8 Å². The molecule has 0 unspecified atom stereocenters. The minimum absolute atomic E-state index is 0.00154. The smallest absolute Gasteiger partial charge is 0.255 e. The van der Waals surface area contributed by atoms with E-state index in [0.717, 1.165) is 5.56 Å². The van der Waals surface area contributed by atoms with Gasteiger partial charge in [-0.2, -0.15) is 0 Å². The quantitative estimate of drug-likeness (QED) is 0.592. The predicted molar refractivity (Wildman–Crippen MR) is 104 cm³/mol. The highest BCUT2D eigenvalue weighted by Crippen LogP contribution is 2.24. The Morgan fingerprint density at radius 1 is 1.25 bits per heavy atom. The molecule has 0 aliphatic carbocycles. The van der Waals surface area contributed by atoms with Gasteiger partial charge in [-0.15, -0.1) is 16.8 Å². The van der Waals surface area contributed by atoms with Crippen molar-refractivity contribution in [2.24, 2.45) is 0 Å². The molecular weight excluding hydrogens is 380 g/mol. The molecule has 0 bridgehead atoms. The maximum absolute atomic E-state index is 12.7. The average molecular weight is 398 g/mol. The summed E-state index contributed by atoms with van der Waals surface area (Å²) in [6.07, 6.45) is 2.66. The Kier molecular flexibility index (Phi) is 5.67. The van der Waals surface area contributed by atoms with Crippen LogP contribution in [0.15, 0.2) is 70.8 Å². The molecule has 9 heteroatoms. The van der Waals surface area contributed by atoms with Crippen LogP contribution in [0.2, 0.25) is 0 Å². The van der Waals surface area contributed by atoms with E-state index in [-0.39, 0.29) is 17.0 Å². The predicted octanol–water partition coefficient (Wildman–Crippen LogP) is 2.76. The summed E-state index contributed by atoms with van der Waals surface area (Å²) in [5, 5.41) is 10.3.